The third-order valence-corrected chi connectivity index (χ3v) is 7.17. The molecule has 2 aromatic carbocycles. The van der Waals surface area contributed by atoms with Gasteiger partial charge in [-0.25, -0.2) is 9.59 Å². The summed E-state index contributed by atoms with van der Waals surface area (Å²) < 4.78 is 10.2. The van der Waals surface area contributed by atoms with Crippen molar-refractivity contribution >= 4 is 29.2 Å². The Morgan fingerprint density at radius 1 is 0.900 bits per heavy atom. The van der Waals surface area contributed by atoms with Gasteiger partial charge in [0.15, 0.2) is 0 Å². The van der Waals surface area contributed by atoms with Gasteiger partial charge >= 0.3 is 11.9 Å². The van der Waals surface area contributed by atoms with E-state index in [0.717, 1.165) is 5.69 Å². The highest BCUT2D eigenvalue weighted by molar-refractivity contribution is 6.06. The first kappa shape index (κ1) is 28.2. The van der Waals surface area contributed by atoms with Crippen LogP contribution in [0, 0.1) is 17.2 Å². The van der Waals surface area contributed by atoms with Crippen molar-refractivity contribution in [2.45, 2.75) is 19.8 Å². The van der Waals surface area contributed by atoms with Crippen molar-refractivity contribution in [1.29, 1.82) is 5.26 Å². The number of anilines is 2. The van der Waals surface area contributed by atoms with Gasteiger partial charge < -0.3 is 25.0 Å². The lowest BCUT2D eigenvalue weighted by atomic mass is 9.81. The van der Waals surface area contributed by atoms with Crippen LogP contribution in [0.15, 0.2) is 77.3 Å². The Hall–Kier alpha value is -4.78. The molecule has 40 heavy (non-hydrogen) atoms. The Kier molecular flexibility index (Phi) is 8.43. The first-order valence-corrected chi connectivity index (χ1v) is 13.0. The molecule has 4 rings (SSSR count). The first-order valence-electron chi connectivity index (χ1n) is 13.0. The molecule has 2 N–H and O–H groups in total. The van der Waals surface area contributed by atoms with Crippen LogP contribution in [0.3, 0.4) is 0 Å². The van der Waals surface area contributed by atoms with E-state index in [9.17, 15) is 19.6 Å². The molecule has 2 aromatic rings. The molecule has 0 aliphatic carbocycles. The minimum Gasteiger partial charge on any atom is -0.466 e. The average molecular weight is 544 g/mol. The molecule has 0 aromatic heterocycles. The molecule has 2 heterocycles. The predicted octanol–water partition coefficient (Wildman–Crippen LogP) is 2.89. The Bertz CT molecular complexity index is 1380. The average Bonchev–Trinajstić information content (AvgIpc) is 2.99. The number of piperazine rings is 1. The second kappa shape index (κ2) is 11.9. The van der Waals surface area contributed by atoms with Crippen molar-refractivity contribution in [3.63, 3.8) is 0 Å². The van der Waals surface area contributed by atoms with Crippen LogP contribution >= 0.6 is 0 Å². The minimum absolute atomic E-state index is 0.0120. The van der Waals surface area contributed by atoms with E-state index in [2.05, 4.69) is 11.0 Å². The van der Waals surface area contributed by atoms with Crippen LogP contribution < -0.4 is 15.5 Å². The van der Waals surface area contributed by atoms with Gasteiger partial charge in [0.1, 0.15) is 11.5 Å². The topological polar surface area (TPSA) is 129 Å². The Morgan fingerprint density at radius 3 is 2.00 bits per heavy atom. The normalized spacial score (nSPS) is 17.6. The number of allylic oxidation sites excluding steroid dienone is 1. The number of hydrogen-bond donors (Lipinski definition) is 1. The van der Waals surface area contributed by atoms with Crippen molar-refractivity contribution in [2.24, 2.45) is 11.7 Å². The maximum absolute atomic E-state index is 13.2. The highest BCUT2D eigenvalue weighted by Gasteiger charge is 2.43. The number of nitrogens with zero attached hydrogens (tertiary/aromatic N) is 4. The molecule has 1 atom stereocenters. The number of nitriles is 1. The van der Waals surface area contributed by atoms with Crippen molar-refractivity contribution < 1.29 is 23.9 Å². The second-order valence-electron chi connectivity index (χ2n) is 9.82. The van der Waals surface area contributed by atoms with Gasteiger partial charge in [0, 0.05) is 43.5 Å². The van der Waals surface area contributed by atoms with Crippen molar-refractivity contribution in [2.75, 3.05) is 50.2 Å². The zero-order valence-electron chi connectivity index (χ0n) is 23.1. The highest BCUT2D eigenvalue weighted by atomic mass is 16.5. The Labute approximate surface area is 233 Å². The maximum atomic E-state index is 13.2. The number of carbonyl (C=O) groups excluding carboxylic acids is 3. The summed E-state index contributed by atoms with van der Waals surface area (Å²) in [6, 6.07) is 18.3. The molecule has 0 saturated carbocycles. The van der Waals surface area contributed by atoms with E-state index in [-0.39, 0.29) is 34.5 Å². The van der Waals surface area contributed by atoms with Gasteiger partial charge in [-0.1, -0.05) is 44.2 Å². The molecular weight excluding hydrogens is 510 g/mol. The number of carbonyl (C=O) groups is 3. The number of amides is 1. The lowest BCUT2D eigenvalue weighted by Gasteiger charge is -2.38. The van der Waals surface area contributed by atoms with Gasteiger partial charge in [-0.2, -0.15) is 5.26 Å². The van der Waals surface area contributed by atoms with Gasteiger partial charge in [0.25, 0.3) is 0 Å². The smallest absolute Gasteiger partial charge is 0.355 e. The third-order valence-electron chi connectivity index (χ3n) is 7.17. The highest BCUT2D eigenvalue weighted by Crippen LogP contribution is 2.43. The largest absolute Gasteiger partial charge is 0.466 e. The molecule has 2 aliphatic rings. The van der Waals surface area contributed by atoms with Crippen molar-refractivity contribution in [3.8, 4) is 6.07 Å². The Morgan fingerprint density at radius 2 is 1.48 bits per heavy atom. The quantitative estimate of drug-likeness (QED) is 0.547. The fourth-order valence-electron chi connectivity index (χ4n) is 5.14. The molecule has 208 valence electrons. The van der Waals surface area contributed by atoms with Gasteiger partial charge in [-0.05, 0) is 29.8 Å². The second-order valence-corrected chi connectivity index (χ2v) is 9.82. The molecule has 10 heteroatoms. The van der Waals surface area contributed by atoms with E-state index in [0.29, 0.717) is 37.4 Å². The predicted molar refractivity (Wildman–Crippen MR) is 150 cm³/mol. The molecule has 1 amide bonds. The van der Waals surface area contributed by atoms with Crippen molar-refractivity contribution in [3.05, 3.63) is 82.8 Å². The van der Waals surface area contributed by atoms with Crippen LogP contribution in [0.1, 0.15) is 25.3 Å². The molecule has 0 bridgehead atoms. The first-order chi connectivity index (χ1) is 19.2. The van der Waals surface area contributed by atoms with Crippen LogP contribution in [0.4, 0.5) is 11.4 Å². The minimum atomic E-state index is -0.923. The molecule has 10 nitrogen and oxygen atoms in total. The number of methoxy groups -OCH3 is 2. The van der Waals surface area contributed by atoms with Crippen LogP contribution in [0.25, 0.3) is 0 Å². The number of benzene rings is 2. The van der Waals surface area contributed by atoms with Crippen molar-refractivity contribution in [1.82, 2.24) is 4.90 Å². The van der Waals surface area contributed by atoms with E-state index < -0.39 is 17.9 Å². The number of ether oxygens (including phenoxy) is 2. The third kappa shape index (κ3) is 5.23. The van der Waals surface area contributed by atoms with E-state index >= 15 is 0 Å². The summed E-state index contributed by atoms with van der Waals surface area (Å²) in [6.45, 7) is 6.42. The summed E-state index contributed by atoms with van der Waals surface area (Å²) in [7, 11) is 2.43. The maximum Gasteiger partial charge on any atom is 0.355 e. The standard InChI is InChI=1S/C30H33N5O5/c1-19(2)28(36)34-16-14-33(15-17-34)21-10-12-22(13-11-21)35-26(30(38)40-4)25(29(37)39-3)24(23(18-31)27(35)32)20-8-6-5-7-9-20/h5-13,19,24H,14-17,32H2,1-4H3. The summed E-state index contributed by atoms with van der Waals surface area (Å²) in [4.78, 5) is 44.2. The van der Waals surface area contributed by atoms with Crippen LogP contribution in [0.2, 0.25) is 0 Å². The summed E-state index contributed by atoms with van der Waals surface area (Å²) in [6.07, 6.45) is 0. The molecule has 1 fully saturated rings. The monoisotopic (exact) mass is 543 g/mol. The fraction of sp³-hybridized carbons (Fsp3) is 0.333. The van der Waals surface area contributed by atoms with Gasteiger partial charge in [0.05, 0.1) is 37.4 Å². The van der Waals surface area contributed by atoms with Crippen LogP contribution in [0.5, 0.6) is 0 Å². The molecule has 0 spiro atoms. The van der Waals surface area contributed by atoms with E-state index in [1.165, 1.54) is 19.1 Å². The van der Waals surface area contributed by atoms with Gasteiger partial charge in [-0.3, -0.25) is 9.69 Å². The summed E-state index contributed by atoms with van der Waals surface area (Å²) in [5.74, 6) is -2.37. The lowest BCUT2D eigenvalue weighted by Crippen LogP contribution is -2.49. The summed E-state index contributed by atoms with van der Waals surface area (Å²) >= 11 is 0. The van der Waals surface area contributed by atoms with Gasteiger partial charge in [-0.15, -0.1) is 0 Å². The van der Waals surface area contributed by atoms with E-state index in [1.807, 2.05) is 36.9 Å². The zero-order valence-corrected chi connectivity index (χ0v) is 23.1. The van der Waals surface area contributed by atoms with Crippen LogP contribution in [-0.2, 0) is 23.9 Å². The number of nitrogens with two attached hydrogens (primary N) is 1. The molecule has 1 unspecified atom stereocenters. The molecule has 1 saturated heterocycles. The molecule has 0 radical (unpaired) electrons. The SMILES string of the molecule is COC(=O)C1=C(C(=O)OC)N(c2ccc(N3CCN(C(=O)C(C)C)CC3)cc2)C(N)=C(C#N)C1c1ccccc1. The number of rotatable bonds is 6. The van der Waals surface area contributed by atoms with Crippen LogP contribution in [-0.4, -0.2) is 63.1 Å². The molecular formula is C30H33N5O5. The lowest BCUT2D eigenvalue weighted by molar-refractivity contribution is -0.139. The Balaban J connectivity index is 1.75. The summed E-state index contributed by atoms with van der Waals surface area (Å²) in [5, 5.41) is 10.2. The van der Waals surface area contributed by atoms with E-state index in [1.54, 1.807) is 36.4 Å². The number of hydrogen-bond acceptors (Lipinski definition) is 9. The summed E-state index contributed by atoms with van der Waals surface area (Å²) in [5.41, 5.74) is 8.52. The zero-order chi connectivity index (χ0) is 29.0. The number of esters is 2. The molecule has 2 aliphatic heterocycles. The van der Waals surface area contributed by atoms with E-state index in [4.69, 9.17) is 15.2 Å². The van der Waals surface area contributed by atoms with Gasteiger partial charge in [0.2, 0.25) is 5.91 Å². The fourth-order valence-corrected chi connectivity index (χ4v) is 5.14.